The van der Waals surface area contributed by atoms with Gasteiger partial charge in [0.05, 0.1) is 18.3 Å². The van der Waals surface area contributed by atoms with Crippen LogP contribution in [0.15, 0.2) is 29.1 Å². The molecular weight excluding hydrogens is 356 g/mol. The molecule has 0 bridgehead atoms. The third-order valence-corrected chi connectivity index (χ3v) is 4.56. The van der Waals surface area contributed by atoms with Gasteiger partial charge in [-0.15, -0.1) is 5.10 Å². The van der Waals surface area contributed by atoms with Crippen LogP contribution in [0.25, 0.3) is 5.69 Å². The summed E-state index contributed by atoms with van der Waals surface area (Å²) < 4.78 is 8.14. The third-order valence-electron chi connectivity index (χ3n) is 4.31. The number of rotatable bonds is 6. The summed E-state index contributed by atoms with van der Waals surface area (Å²) in [5.41, 5.74) is 0.294. The number of aromatic nitrogens is 3. The van der Waals surface area contributed by atoms with Crippen LogP contribution < -0.4 is 11.0 Å². The van der Waals surface area contributed by atoms with Crippen LogP contribution in [0.3, 0.4) is 0 Å². The third kappa shape index (κ3) is 4.34. The SMILES string of the molecule is CCCc1nn(-c2ccc(Cl)cc2)c(=O)n1CC(=O)NC1CCCOC1. The summed E-state index contributed by atoms with van der Waals surface area (Å²) in [5, 5.41) is 7.95. The molecule has 7 nitrogen and oxygen atoms in total. The van der Waals surface area contributed by atoms with E-state index in [2.05, 4.69) is 10.4 Å². The highest BCUT2D eigenvalue weighted by Gasteiger charge is 2.20. The van der Waals surface area contributed by atoms with E-state index in [0.717, 1.165) is 25.9 Å². The van der Waals surface area contributed by atoms with Gasteiger partial charge in [0.2, 0.25) is 5.91 Å². The van der Waals surface area contributed by atoms with Gasteiger partial charge in [-0.2, -0.15) is 4.68 Å². The van der Waals surface area contributed by atoms with Gasteiger partial charge in [-0.25, -0.2) is 4.79 Å². The van der Waals surface area contributed by atoms with Gasteiger partial charge in [-0.1, -0.05) is 18.5 Å². The minimum Gasteiger partial charge on any atom is -0.379 e. The largest absolute Gasteiger partial charge is 0.379 e. The lowest BCUT2D eigenvalue weighted by molar-refractivity contribution is -0.123. The molecule has 1 unspecified atom stereocenters. The zero-order valence-electron chi connectivity index (χ0n) is 14.8. The van der Waals surface area contributed by atoms with Crippen molar-refractivity contribution in [1.29, 1.82) is 0 Å². The Morgan fingerprint density at radius 3 is 2.81 bits per heavy atom. The first-order valence-electron chi connectivity index (χ1n) is 8.90. The summed E-state index contributed by atoms with van der Waals surface area (Å²) >= 11 is 5.91. The summed E-state index contributed by atoms with van der Waals surface area (Å²) in [6.07, 6.45) is 3.28. The average Bonchev–Trinajstić information content (AvgIpc) is 2.93. The molecule has 1 fully saturated rings. The maximum Gasteiger partial charge on any atom is 0.351 e. The van der Waals surface area contributed by atoms with E-state index in [1.54, 1.807) is 24.3 Å². The van der Waals surface area contributed by atoms with Gasteiger partial charge >= 0.3 is 5.69 Å². The van der Waals surface area contributed by atoms with E-state index in [1.807, 2.05) is 6.92 Å². The summed E-state index contributed by atoms with van der Waals surface area (Å²) in [5.74, 6) is 0.401. The normalized spacial score (nSPS) is 17.2. The van der Waals surface area contributed by atoms with E-state index in [-0.39, 0.29) is 24.2 Å². The molecule has 2 heterocycles. The van der Waals surface area contributed by atoms with Crippen LogP contribution in [0, 0.1) is 0 Å². The van der Waals surface area contributed by atoms with E-state index < -0.39 is 0 Å². The van der Waals surface area contributed by atoms with Crippen molar-refractivity contribution < 1.29 is 9.53 Å². The number of aryl methyl sites for hydroxylation is 1. The Balaban J connectivity index is 1.81. The highest BCUT2D eigenvalue weighted by molar-refractivity contribution is 6.30. The van der Waals surface area contributed by atoms with Gasteiger partial charge in [0.25, 0.3) is 0 Å². The first kappa shape index (κ1) is 18.7. The van der Waals surface area contributed by atoms with Gasteiger partial charge in [0, 0.05) is 18.1 Å². The Bertz CT molecular complexity index is 807. The summed E-state index contributed by atoms with van der Waals surface area (Å²) in [4.78, 5) is 25.2. The van der Waals surface area contributed by atoms with Gasteiger partial charge in [0.15, 0.2) is 0 Å². The number of benzene rings is 1. The van der Waals surface area contributed by atoms with Gasteiger partial charge in [-0.05, 0) is 43.5 Å². The Hall–Kier alpha value is -2.12. The number of carbonyl (C=O) groups is 1. The fraction of sp³-hybridized carbons (Fsp3) is 0.500. The fourth-order valence-corrected chi connectivity index (χ4v) is 3.15. The average molecular weight is 379 g/mol. The van der Waals surface area contributed by atoms with Gasteiger partial charge in [0.1, 0.15) is 12.4 Å². The van der Waals surface area contributed by atoms with Crippen molar-refractivity contribution >= 4 is 17.5 Å². The lowest BCUT2D eigenvalue weighted by Crippen LogP contribution is -2.43. The predicted molar refractivity (Wildman–Crippen MR) is 98.8 cm³/mol. The summed E-state index contributed by atoms with van der Waals surface area (Å²) in [6.45, 7) is 3.22. The van der Waals surface area contributed by atoms with Crippen molar-refractivity contribution in [3.05, 3.63) is 45.6 Å². The predicted octanol–water partition coefficient (Wildman–Crippen LogP) is 1.94. The first-order chi connectivity index (χ1) is 12.6. The van der Waals surface area contributed by atoms with Crippen molar-refractivity contribution in [2.24, 2.45) is 0 Å². The van der Waals surface area contributed by atoms with Crippen molar-refractivity contribution in [2.75, 3.05) is 13.2 Å². The van der Waals surface area contributed by atoms with Crippen molar-refractivity contribution in [2.45, 2.75) is 45.2 Å². The maximum absolute atomic E-state index is 12.8. The van der Waals surface area contributed by atoms with Crippen molar-refractivity contribution in [1.82, 2.24) is 19.7 Å². The number of hydrogen-bond acceptors (Lipinski definition) is 4. The molecule has 8 heteroatoms. The van der Waals surface area contributed by atoms with E-state index in [4.69, 9.17) is 16.3 Å². The molecule has 2 aromatic rings. The van der Waals surface area contributed by atoms with E-state index >= 15 is 0 Å². The monoisotopic (exact) mass is 378 g/mol. The van der Waals surface area contributed by atoms with Crippen LogP contribution in [0.5, 0.6) is 0 Å². The number of halogens is 1. The van der Waals surface area contributed by atoms with Crippen LogP contribution in [0.2, 0.25) is 5.02 Å². The number of nitrogens with one attached hydrogen (secondary N) is 1. The van der Waals surface area contributed by atoms with E-state index in [1.165, 1.54) is 9.25 Å². The number of carbonyl (C=O) groups excluding carboxylic acids is 1. The van der Waals surface area contributed by atoms with Crippen LogP contribution >= 0.6 is 11.6 Å². The molecule has 0 saturated carbocycles. The highest BCUT2D eigenvalue weighted by Crippen LogP contribution is 2.12. The fourth-order valence-electron chi connectivity index (χ4n) is 3.03. The number of ether oxygens (including phenoxy) is 1. The molecule has 1 amide bonds. The van der Waals surface area contributed by atoms with Crippen LogP contribution in [0.4, 0.5) is 0 Å². The second kappa shape index (κ2) is 8.51. The number of nitrogens with zero attached hydrogens (tertiary/aromatic N) is 3. The van der Waals surface area contributed by atoms with Crippen molar-refractivity contribution in [3.8, 4) is 5.69 Å². The van der Waals surface area contributed by atoms with E-state index in [9.17, 15) is 9.59 Å². The molecule has 1 aliphatic rings. The molecule has 140 valence electrons. The number of amides is 1. The maximum atomic E-state index is 12.8. The second-order valence-electron chi connectivity index (χ2n) is 6.40. The minimum absolute atomic E-state index is 0.00730. The molecule has 0 spiro atoms. The molecule has 1 atom stereocenters. The first-order valence-corrected chi connectivity index (χ1v) is 9.28. The van der Waals surface area contributed by atoms with Crippen LogP contribution in [0.1, 0.15) is 32.0 Å². The molecule has 0 radical (unpaired) electrons. The summed E-state index contributed by atoms with van der Waals surface area (Å²) in [7, 11) is 0. The lowest BCUT2D eigenvalue weighted by Gasteiger charge is -2.23. The molecule has 0 aliphatic carbocycles. The Labute approximate surface area is 156 Å². The molecule has 26 heavy (non-hydrogen) atoms. The molecule has 1 aromatic heterocycles. The van der Waals surface area contributed by atoms with Gasteiger partial charge < -0.3 is 10.1 Å². The Morgan fingerprint density at radius 1 is 1.38 bits per heavy atom. The number of hydrogen-bond donors (Lipinski definition) is 1. The molecule has 1 N–H and O–H groups in total. The Kier molecular flexibility index (Phi) is 6.11. The summed E-state index contributed by atoms with van der Waals surface area (Å²) in [6, 6.07) is 6.88. The lowest BCUT2D eigenvalue weighted by atomic mass is 10.1. The topological polar surface area (TPSA) is 78.2 Å². The molecule has 3 rings (SSSR count). The Morgan fingerprint density at radius 2 is 2.15 bits per heavy atom. The zero-order valence-corrected chi connectivity index (χ0v) is 15.5. The van der Waals surface area contributed by atoms with E-state index in [0.29, 0.717) is 29.6 Å². The minimum atomic E-state index is -0.328. The van der Waals surface area contributed by atoms with Gasteiger partial charge in [-0.3, -0.25) is 9.36 Å². The second-order valence-corrected chi connectivity index (χ2v) is 6.84. The molecular formula is C18H23ClN4O3. The standard InChI is InChI=1S/C18H23ClN4O3/c1-2-4-16-21-23(15-8-6-13(19)7-9-15)18(25)22(16)11-17(24)20-14-5-3-10-26-12-14/h6-9,14H,2-5,10-12H2,1H3,(H,20,24). The highest BCUT2D eigenvalue weighted by atomic mass is 35.5. The van der Waals surface area contributed by atoms with Crippen molar-refractivity contribution in [3.63, 3.8) is 0 Å². The van der Waals surface area contributed by atoms with Crippen LogP contribution in [-0.2, 0) is 22.5 Å². The smallest absolute Gasteiger partial charge is 0.351 e. The molecule has 1 aliphatic heterocycles. The quantitative estimate of drug-likeness (QED) is 0.833. The van der Waals surface area contributed by atoms with Crippen LogP contribution in [-0.4, -0.2) is 39.5 Å². The molecule has 1 saturated heterocycles. The molecule has 1 aromatic carbocycles. The zero-order chi connectivity index (χ0) is 18.5.